The monoisotopic (exact) mass is 331 g/mol. The van der Waals surface area contributed by atoms with Gasteiger partial charge < -0.3 is 9.67 Å². The molecular formula is C15H14BrN3O. The molecule has 1 aromatic carbocycles. The molecule has 0 atom stereocenters. The van der Waals surface area contributed by atoms with Gasteiger partial charge in [-0.3, -0.25) is 4.98 Å². The van der Waals surface area contributed by atoms with Crippen molar-refractivity contribution < 1.29 is 5.11 Å². The summed E-state index contributed by atoms with van der Waals surface area (Å²) in [6.07, 6.45) is 3.50. The summed E-state index contributed by atoms with van der Waals surface area (Å²) in [4.78, 5) is 8.73. The Morgan fingerprint density at radius 1 is 1.25 bits per heavy atom. The number of hydrogen-bond donors (Lipinski definition) is 1. The Morgan fingerprint density at radius 2 is 2.05 bits per heavy atom. The van der Waals surface area contributed by atoms with Crippen molar-refractivity contribution in [1.82, 2.24) is 14.5 Å². The highest BCUT2D eigenvalue weighted by molar-refractivity contribution is 9.10. The first-order valence-electron chi connectivity index (χ1n) is 6.39. The van der Waals surface area contributed by atoms with Crippen LogP contribution in [0.4, 0.5) is 0 Å². The van der Waals surface area contributed by atoms with E-state index in [2.05, 4.69) is 44.3 Å². The van der Waals surface area contributed by atoms with Gasteiger partial charge in [0.05, 0.1) is 17.3 Å². The van der Waals surface area contributed by atoms with Crippen molar-refractivity contribution in [3.05, 3.63) is 41.1 Å². The zero-order valence-electron chi connectivity index (χ0n) is 11.2. The third-order valence-corrected chi connectivity index (χ3v) is 3.70. The number of imidazole rings is 1. The predicted molar refractivity (Wildman–Crippen MR) is 82.7 cm³/mol. The SMILES string of the molecule is CC(C)n1c(-c2ccc(Br)cc2O)nc2cnccc21. The van der Waals surface area contributed by atoms with Crippen molar-refractivity contribution >= 4 is 27.0 Å². The molecule has 2 heterocycles. The zero-order valence-corrected chi connectivity index (χ0v) is 12.8. The van der Waals surface area contributed by atoms with Gasteiger partial charge in [-0.1, -0.05) is 15.9 Å². The summed E-state index contributed by atoms with van der Waals surface area (Å²) >= 11 is 3.35. The van der Waals surface area contributed by atoms with Gasteiger partial charge in [0.1, 0.15) is 17.1 Å². The van der Waals surface area contributed by atoms with Crippen LogP contribution in [0.15, 0.2) is 41.1 Å². The molecule has 0 saturated carbocycles. The fraction of sp³-hybridized carbons (Fsp3) is 0.200. The van der Waals surface area contributed by atoms with Gasteiger partial charge >= 0.3 is 0 Å². The van der Waals surface area contributed by atoms with Crippen LogP contribution in [0.2, 0.25) is 0 Å². The highest BCUT2D eigenvalue weighted by Crippen LogP contribution is 2.34. The van der Waals surface area contributed by atoms with E-state index in [1.54, 1.807) is 18.5 Å². The van der Waals surface area contributed by atoms with Crippen LogP contribution in [0.25, 0.3) is 22.4 Å². The number of phenols is 1. The van der Waals surface area contributed by atoms with Crippen LogP contribution in [0.5, 0.6) is 5.75 Å². The molecule has 0 spiro atoms. The highest BCUT2D eigenvalue weighted by Gasteiger charge is 2.17. The van der Waals surface area contributed by atoms with Gasteiger partial charge in [0.25, 0.3) is 0 Å². The Balaban J connectivity index is 2.32. The second-order valence-corrected chi connectivity index (χ2v) is 5.84. The minimum atomic E-state index is 0.213. The third-order valence-electron chi connectivity index (χ3n) is 3.21. The second-order valence-electron chi connectivity index (χ2n) is 4.93. The quantitative estimate of drug-likeness (QED) is 0.767. The van der Waals surface area contributed by atoms with Crippen molar-refractivity contribution in [3.8, 4) is 17.1 Å². The fourth-order valence-corrected chi connectivity index (χ4v) is 2.71. The van der Waals surface area contributed by atoms with Crippen LogP contribution >= 0.6 is 15.9 Å². The lowest BCUT2D eigenvalue weighted by Gasteiger charge is -2.13. The molecule has 102 valence electrons. The lowest BCUT2D eigenvalue weighted by atomic mass is 10.2. The van der Waals surface area contributed by atoms with E-state index in [0.29, 0.717) is 0 Å². The average molecular weight is 332 g/mol. The van der Waals surface area contributed by atoms with E-state index < -0.39 is 0 Å². The number of halogens is 1. The molecule has 0 aliphatic carbocycles. The van der Waals surface area contributed by atoms with E-state index in [1.165, 1.54) is 0 Å². The fourth-order valence-electron chi connectivity index (χ4n) is 2.36. The lowest BCUT2D eigenvalue weighted by Crippen LogP contribution is -2.03. The van der Waals surface area contributed by atoms with Crippen molar-refractivity contribution in [1.29, 1.82) is 0 Å². The zero-order chi connectivity index (χ0) is 14.3. The van der Waals surface area contributed by atoms with Gasteiger partial charge in [-0.25, -0.2) is 4.98 Å². The largest absolute Gasteiger partial charge is 0.507 e. The maximum Gasteiger partial charge on any atom is 0.145 e. The van der Waals surface area contributed by atoms with Crippen molar-refractivity contribution in [3.63, 3.8) is 0 Å². The van der Waals surface area contributed by atoms with E-state index in [1.807, 2.05) is 18.2 Å². The van der Waals surface area contributed by atoms with Gasteiger partial charge in [0.2, 0.25) is 0 Å². The number of hydrogen-bond acceptors (Lipinski definition) is 3. The van der Waals surface area contributed by atoms with Crippen LogP contribution in [0.3, 0.4) is 0 Å². The Morgan fingerprint density at radius 3 is 2.75 bits per heavy atom. The molecule has 0 unspecified atom stereocenters. The number of fused-ring (bicyclic) bond motifs is 1. The normalized spacial score (nSPS) is 11.4. The molecule has 0 bridgehead atoms. The molecule has 0 aliphatic heterocycles. The number of phenolic OH excluding ortho intramolecular Hbond substituents is 1. The van der Waals surface area contributed by atoms with Crippen molar-refractivity contribution in [2.24, 2.45) is 0 Å². The maximum atomic E-state index is 10.2. The van der Waals surface area contributed by atoms with Crippen LogP contribution in [-0.4, -0.2) is 19.6 Å². The molecule has 2 aromatic heterocycles. The van der Waals surface area contributed by atoms with E-state index in [0.717, 1.165) is 26.9 Å². The number of pyridine rings is 1. The van der Waals surface area contributed by atoms with Crippen molar-refractivity contribution in [2.75, 3.05) is 0 Å². The number of benzene rings is 1. The molecule has 1 N–H and O–H groups in total. The number of rotatable bonds is 2. The first-order chi connectivity index (χ1) is 9.58. The molecule has 4 nitrogen and oxygen atoms in total. The van der Waals surface area contributed by atoms with E-state index >= 15 is 0 Å². The molecule has 3 rings (SSSR count). The smallest absolute Gasteiger partial charge is 0.145 e. The van der Waals surface area contributed by atoms with E-state index in [9.17, 15) is 5.11 Å². The van der Waals surface area contributed by atoms with E-state index in [4.69, 9.17) is 0 Å². The van der Waals surface area contributed by atoms with Gasteiger partial charge in [-0.05, 0) is 38.1 Å². The molecule has 3 aromatic rings. The molecule has 20 heavy (non-hydrogen) atoms. The molecule has 0 saturated heterocycles. The Labute approximate surface area is 125 Å². The van der Waals surface area contributed by atoms with Gasteiger partial charge in [0.15, 0.2) is 0 Å². The summed E-state index contributed by atoms with van der Waals surface area (Å²) < 4.78 is 2.95. The summed E-state index contributed by atoms with van der Waals surface area (Å²) in [6.45, 7) is 4.20. The molecule has 0 radical (unpaired) electrons. The standard InChI is InChI=1S/C15H14BrN3O/c1-9(2)19-13-5-6-17-8-12(13)18-15(19)11-4-3-10(16)7-14(11)20/h3-9,20H,1-2H3. The summed E-state index contributed by atoms with van der Waals surface area (Å²) in [5, 5.41) is 10.2. The topological polar surface area (TPSA) is 50.9 Å². The Hall–Kier alpha value is -1.88. The second kappa shape index (κ2) is 4.90. The predicted octanol–water partition coefficient (Wildman–Crippen LogP) is 4.15. The Kier molecular flexibility index (Phi) is 3.22. The van der Waals surface area contributed by atoms with Crippen LogP contribution in [-0.2, 0) is 0 Å². The lowest BCUT2D eigenvalue weighted by molar-refractivity contribution is 0.475. The molecule has 0 amide bonds. The van der Waals surface area contributed by atoms with E-state index in [-0.39, 0.29) is 11.8 Å². The minimum Gasteiger partial charge on any atom is -0.507 e. The van der Waals surface area contributed by atoms with Gasteiger partial charge in [0, 0.05) is 16.7 Å². The molecule has 0 aliphatic rings. The molecule has 5 heteroatoms. The first-order valence-corrected chi connectivity index (χ1v) is 7.18. The summed E-state index contributed by atoms with van der Waals surface area (Å²) in [5.41, 5.74) is 2.57. The third kappa shape index (κ3) is 2.08. The van der Waals surface area contributed by atoms with Crippen molar-refractivity contribution in [2.45, 2.75) is 19.9 Å². The number of aromatic nitrogens is 3. The number of nitrogens with zero attached hydrogens (tertiary/aromatic N) is 3. The molecular weight excluding hydrogens is 318 g/mol. The molecule has 0 fully saturated rings. The van der Waals surface area contributed by atoms with Gasteiger partial charge in [-0.2, -0.15) is 0 Å². The first kappa shape index (κ1) is 13.1. The maximum absolute atomic E-state index is 10.2. The van der Waals surface area contributed by atoms with Crippen LogP contribution < -0.4 is 0 Å². The average Bonchev–Trinajstić information content (AvgIpc) is 2.77. The summed E-state index contributed by atoms with van der Waals surface area (Å²) in [5.74, 6) is 0.970. The Bertz CT molecular complexity index is 780. The summed E-state index contributed by atoms with van der Waals surface area (Å²) in [7, 11) is 0. The van der Waals surface area contributed by atoms with Crippen LogP contribution in [0.1, 0.15) is 19.9 Å². The number of aromatic hydroxyl groups is 1. The summed E-state index contributed by atoms with van der Waals surface area (Å²) in [6, 6.07) is 7.63. The van der Waals surface area contributed by atoms with Gasteiger partial charge in [-0.15, -0.1) is 0 Å². The highest BCUT2D eigenvalue weighted by atomic mass is 79.9. The van der Waals surface area contributed by atoms with Crippen LogP contribution in [0, 0.1) is 0 Å². The minimum absolute atomic E-state index is 0.213.